The molecule has 0 saturated heterocycles. The Kier molecular flexibility index (Phi) is 5.02. The van der Waals surface area contributed by atoms with Crippen LogP contribution in [0.2, 0.25) is 0 Å². The van der Waals surface area contributed by atoms with E-state index < -0.39 is 24.0 Å². The molecule has 1 unspecified atom stereocenters. The zero-order chi connectivity index (χ0) is 15.3. The van der Waals surface area contributed by atoms with Crippen molar-refractivity contribution in [2.45, 2.75) is 19.4 Å². The molecule has 0 aromatic heterocycles. The van der Waals surface area contributed by atoms with Gasteiger partial charge in [-0.2, -0.15) is 0 Å². The fourth-order valence-electron chi connectivity index (χ4n) is 1.70. The summed E-state index contributed by atoms with van der Waals surface area (Å²) in [6.07, 6.45) is 0.838. The van der Waals surface area contributed by atoms with Crippen LogP contribution in [0.1, 0.15) is 33.2 Å². The Morgan fingerprint density at radius 1 is 1.25 bits per heavy atom. The summed E-state index contributed by atoms with van der Waals surface area (Å²) >= 11 is 0. The molecule has 0 saturated carbocycles. The van der Waals surface area contributed by atoms with Gasteiger partial charge >= 0.3 is 17.9 Å². The van der Waals surface area contributed by atoms with Crippen LogP contribution in [0, 0.1) is 0 Å². The normalized spacial score (nSPS) is 11.4. The summed E-state index contributed by atoms with van der Waals surface area (Å²) in [5, 5.41) is 17.9. The predicted octanol–water partition coefficient (Wildman–Crippen LogP) is 1.74. The monoisotopic (exact) mass is 278 g/mol. The maximum Gasteiger partial charge on any atom is 0.336 e. The van der Waals surface area contributed by atoms with E-state index in [1.807, 2.05) is 0 Å². The van der Waals surface area contributed by atoms with Crippen LogP contribution in [0.15, 0.2) is 30.9 Å². The van der Waals surface area contributed by atoms with Crippen LogP contribution in [0.3, 0.4) is 0 Å². The zero-order valence-corrected chi connectivity index (χ0v) is 10.8. The van der Waals surface area contributed by atoms with Crippen molar-refractivity contribution in [3.05, 3.63) is 47.5 Å². The number of carboxylic acid groups (broad SMARTS) is 2. The predicted molar refractivity (Wildman–Crippen MR) is 69.8 cm³/mol. The quantitative estimate of drug-likeness (QED) is 0.607. The van der Waals surface area contributed by atoms with Crippen LogP contribution in [0.5, 0.6) is 0 Å². The zero-order valence-electron chi connectivity index (χ0n) is 10.8. The summed E-state index contributed by atoms with van der Waals surface area (Å²) in [6.45, 7) is 4.92. The Morgan fingerprint density at radius 3 is 2.35 bits per heavy atom. The minimum Gasteiger partial charge on any atom is -0.478 e. The number of carbonyl (C=O) groups is 3. The third-order valence-corrected chi connectivity index (χ3v) is 2.55. The van der Waals surface area contributed by atoms with Gasteiger partial charge in [-0.05, 0) is 24.6 Å². The van der Waals surface area contributed by atoms with E-state index in [2.05, 4.69) is 6.58 Å². The molecule has 1 aromatic carbocycles. The highest BCUT2D eigenvalue weighted by atomic mass is 16.5. The smallest absolute Gasteiger partial charge is 0.336 e. The van der Waals surface area contributed by atoms with Crippen LogP contribution in [-0.4, -0.2) is 34.2 Å². The molecule has 0 radical (unpaired) electrons. The minimum atomic E-state index is -1.32. The molecule has 0 aliphatic heterocycles. The second kappa shape index (κ2) is 6.51. The molecular formula is C14H14O6. The lowest BCUT2D eigenvalue weighted by Crippen LogP contribution is -2.16. The molecular weight excluding hydrogens is 264 g/mol. The summed E-state index contributed by atoms with van der Waals surface area (Å²) < 4.78 is 4.96. The molecule has 0 heterocycles. The van der Waals surface area contributed by atoms with Crippen LogP contribution in [0.25, 0.3) is 0 Å². The van der Waals surface area contributed by atoms with Crippen molar-refractivity contribution in [1.29, 1.82) is 0 Å². The highest BCUT2D eigenvalue weighted by molar-refractivity contribution is 6.01. The molecule has 1 aromatic rings. The number of rotatable bonds is 6. The molecule has 1 atom stereocenters. The molecule has 2 N–H and O–H groups in total. The summed E-state index contributed by atoms with van der Waals surface area (Å²) in [5.41, 5.74) is -0.00833. The van der Waals surface area contributed by atoms with Crippen molar-refractivity contribution in [3.63, 3.8) is 0 Å². The average molecular weight is 278 g/mol. The number of esters is 1. The van der Waals surface area contributed by atoms with Crippen LogP contribution in [0.4, 0.5) is 0 Å². The van der Waals surface area contributed by atoms with E-state index in [0.29, 0.717) is 5.56 Å². The molecule has 0 aliphatic carbocycles. The lowest BCUT2D eigenvalue weighted by Gasteiger charge is -2.12. The number of hydrogen-bond acceptors (Lipinski definition) is 4. The molecule has 0 spiro atoms. The van der Waals surface area contributed by atoms with Crippen molar-refractivity contribution in [2.75, 3.05) is 0 Å². The molecule has 6 heteroatoms. The van der Waals surface area contributed by atoms with Crippen molar-refractivity contribution < 1.29 is 29.3 Å². The van der Waals surface area contributed by atoms with E-state index >= 15 is 0 Å². The number of aromatic carboxylic acids is 2. The molecule has 106 valence electrons. The van der Waals surface area contributed by atoms with Gasteiger partial charge in [0.25, 0.3) is 0 Å². The summed E-state index contributed by atoms with van der Waals surface area (Å²) in [6, 6.07) is 3.99. The first kappa shape index (κ1) is 15.4. The second-order valence-corrected chi connectivity index (χ2v) is 4.15. The van der Waals surface area contributed by atoms with E-state index in [4.69, 9.17) is 14.9 Å². The van der Waals surface area contributed by atoms with Gasteiger partial charge in [0.1, 0.15) is 6.10 Å². The molecule has 20 heavy (non-hydrogen) atoms. The first-order chi connectivity index (χ1) is 9.35. The third-order valence-electron chi connectivity index (χ3n) is 2.55. The Morgan fingerprint density at radius 2 is 1.85 bits per heavy atom. The van der Waals surface area contributed by atoms with Crippen molar-refractivity contribution >= 4 is 17.9 Å². The average Bonchev–Trinajstić information content (AvgIpc) is 2.37. The largest absolute Gasteiger partial charge is 0.478 e. The Hall–Kier alpha value is -2.63. The van der Waals surface area contributed by atoms with E-state index in [-0.39, 0.29) is 17.5 Å². The van der Waals surface area contributed by atoms with Gasteiger partial charge in [0.05, 0.1) is 11.1 Å². The maximum atomic E-state index is 11.0. The highest BCUT2D eigenvalue weighted by Crippen LogP contribution is 2.15. The Balaban J connectivity index is 2.95. The second-order valence-electron chi connectivity index (χ2n) is 4.15. The first-order valence-electron chi connectivity index (χ1n) is 5.77. The molecule has 0 fully saturated rings. The van der Waals surface area contributed by atoms with E-state index in [1.54, 1.807) is 6.92 Å². The van der Waals surface area contributed by atoms with Gasteiger partial charge in [-0.15, -0.1) is 0 Å². The highest BCUT2D eigenvalue weighted by Gasteiger charge is 2.17. The van der Waals surface area contributed by atoms with Gasteiger partial charge < -0.3 is 14.9 Å². The SMILES string of the molecule is C=CC(=O)OC(C)Cc1ccc(C(=O)O)c(C(=O)O)c1. The molecule has 1 rings (SSSR count). The fourth-order valence-corrected chi connectivity index (χ4v) is 1.70. The number of ether oxygens (including phenoxy) is 1. The number of carboxylic acids is 2. The van der Waals surface area contributed by atoms with Gasteiger partial charge in [-0.1, -0.05) is 12.6 Å². The Bertz CT molecular complexity index is 561. The van der Waals surface area contributed by atoms with Gasteiger partial charge in [0.15, 0.2) is 0 Å². The Labute approximate surface area is 115 Å². The minimum absolute atomic E-state index is 0.278. The van der Waals surface area contributed by atoms with Crippen molar-refractivity contribution in [3.8, 4) is 0 Å². The summed E-state index contributed by atoms with van der Waals surface area (Å²) in [5.74, 6) is -3.20. The number of carbonyl (C=O) groups excluding carboxylic acids is 1. The van der Waals surface area contributed by atoms with Crippen LogP contribution in [-0.2, 0) is 16.0 Å². The van der Waals surface area contributed by atoms with Crippen LogP contribution < -0.4 is 0 Å². The summed E-state index contributed by atoms with van der Waals surface area (Å²) in [7, 11) is 0. The van der Waals surface area contributed by atoms with Gasteiger partial charge in [0, 0.05) is 12.5 Å². The lowest BCUT2D eigenvalue weighted by molar-refractivity contribution is -0.142. The van der Waals surface area contributed by atoms with Crippen molar-refractivity contribution in [1.82, 2.24) is 0 Å². The van der Waals surface area contributed by atoms with Gasteiger partial charge in [-0.3, -0.25) is 0 Å². The fraction of sp³-hybridized carbons (Fsp3) is 0.214. The van der Waals surface area contributed by atoms with Gasteiger partial charge in [-0.25, -0.2) is 14.4 Å². The lowest BCUT2D eigenvalue weighted by atomic mass is 10.0. The van der Waals surface area contributed by atoms with Gasteiger partial charge in [0.2, 0.25) is 0 Å². The molecule has 0 bridgehead atoms. The molecule has 6 nitrogen and oxygen atoms in total. The van der Waals surface area contributed by atoms with Crippen molar-refractivity contribution in [2.24, 2.45) is 0 Å². The molecule has 0 aliphatic rings. The molecule has 0 amide bonds. The summed E-state index contributed by atoms with van der Waals surface area (Å²) in [4.78, 5) is 32.9. The number of benzene rings is 1. The van der Waals surface area contributed by atoms with E-state index in [1.165, 1.54) is 18.2 Å². The standard InChI is InChI=1S/C14H14O6/c1-3-12(15)20-8(2)6-9-4-5-10(13(16)17)11(7-9)14(18)19/h3-5,7-8H,1,6H2,2H3,(H,16,17)(H,18,19). The van der Waals surface area contributed by atoms with Crippen LogP contribution >= 0.6 is 0 Å². The first-order valence-corrected chi connectivity index (χ1v) is 5.77. The third kappa shape index (κ3) is 3.94. The van der Waals surface area contributed by atoms with E-state index in [0.717, 1.165) is 6.08 Å². The van der Waals surface area contributed by atoms with E-state index in [9.17, 15) is 14.4 Å². The topological polar surface area (TPSA) is 101 Å². The maximum absolute atomic E-state index is 11.0. The number of hydrogen-bond donors (Lipinski definition) is 2.